The van der Waals surface area contributed by atoms with Crippen molar-refractivity contribution < 1.29 is 17.6 Å². The van der Waals surface area contributed by atoms with E-state index in [4.69, 9.17) is 4.98 Å². The molecule has 4 aromatic rings. The lowest BCUT2D eigenvalue weighted by Gasteiger charge is -2.27. The van der Waals surface area contributed by atoms with E-state index in [2.05, 4.69) is 16.4 Å². The summed E-state index contributed by atoms with van der Waals surface area (Å²) in [6.45, 7) is 0.302. The van der Waals surface area contributed by atoms with E-state index in [1.807, 2.05) is 30.3 Å². The summed E-state index contributed by atoms with van der Waals surface area (Å²) in [6, 6.07) is 19.6. The van der Waals surface area contributed by atoms with Crippen LogP contribution in [-0.2, 0) is 19.1 Å². The van der Waals surface area contributed by atoms with Gasteiger partial charge in [-0.3, -0.25) is 0 Å². The van der Waals surface area contributed by atoms with Gasteiger partial charge in [0.2, 0.25) is 5.95 Å². The summed E-state index contributed by atoms with van der Waals surface area (Å²) in [5.74, 6) is 0.211. The predicted molar refractivity (Wildman–Crippen MR) is 118 cm³/mol. The zero-order valence-corrected chi connectivity index (χ0v) is 17.4. The van der Waals surface area contributed by atoms with Crippen LogP contribution >= 0.6 is 0 Å². The van der Waals surface area contributed by atoms with Gasteiger partial charge in [-0.05, 0) is 52.9 Å². The summed E-state index contributed by atoms with van der Waals surface area (Å²) >= 11 is 0. The average Bonchev–Trinajstić information content (AvgIpc) is 2.82. The van der Waals surface area contributed by atoms with E-state index < -0.39 is 11.7 Å². The van der Waals surface area contributed by atoms with E-state index in [0.29, 0.717) is 24.5 Å². The molecule has 5 rings (SSSR count). The minimum atomic E-state index is -4.35. The van der Waals surface area contributed by atoms with Gasteiger partial charge in [0.15, 0.2) is 0 Å². The lowest BCUT2D eigenvalue weighted by Crippen LogP contribution is -2.15. The molecule has 0 spiro atoms. The summed E-state index contributed by atoms with van der Waals surface area (Å²) in [7, 11) is 0. The second-order valence-electron chi connectivity index (χ2n) is 8.01. The van der Waals surface area contributed by atoms with E-state index in [1.54, 1.807) is 6.20 Å². The highest BCUT2D eigenvalue weighted by Crippen LogP contribution is 2.41. The Morgan fingerprint density at radius 3 is 2.36 bits per heavy atom. The van der Waals surface area contributed by atoms with Crippen molar-refractivity contribution in [3.63, 3.8) is 0 Å². The average molecular weight is 449 g/mol. The molecule has 0 saturated heterocycles. The first-order chi connectivity index (χ1) is 15.9. The molecule has 0 aliphatic heterocycles. The molecule has 0 saturated carbocycles. The number of halogens is 4. The Morgan fingerprint density at radius 1 is 0.909 bits per heavy atom. The number of benzene rings is 3. The van der Waals surface area contributed by atoms with Gasteiger partial charge in [0.25, 0.3) is 0 Å². The number of aromatic nitrogens is 2. The largest absolute Gasteiger partial charge is 0.416 e. The topological polar surface area (TPSA) is 37.8 Å². The van der Waals surface area contributed by atoms with Crippen molar-refractivity contribution in [2.24, 2.45) is 0 Å². The molecule has 0 amide bonds. The third kappa shape index (κ3) is 4.31. The van der Waals surface area contributed by atoms with Crippen molar-refractivity contribution in [1.29, 1.82) is 0 Å². The van der Waals surface area contributed by atoms with Gasteiger partial charge in [-0.25, -0.2) is 14.4 Å². The number of fused-ring (bicyclic) bond motifs is 3. The fourth-order valence-corrected chi connectivity index (χ4v) is 4.21. The Morgan fingerprint density at radius 2 is 1.64 bits per heavy atom. The first-order valence-corrected chi connectivity index (χ1v) is 10.5. The normalized spacial score (nSPS) is 15.0. The van der Waals surface area contributed by atoms with Crippen LogP contribution in [0.1, 0.15) is 33.7 Å². The zero-order valence-electron chi connectivity index (χ0n) is 17.4. The monoisotopic (exact) mass is 449 g/mol. The summed E-state index contributed by atoms with van der Waals surface area (Å²) < 4.78 is 51.7. The van der Waals surface area contributed by atoms with Gasteiger partial charge >= 0.3 is 6.18 Å². The van der Waals surface area contributed by atoms with E-state index >= 15 is 0 Å². The van der Waals surface area contributed by atoms with E-state index in [0.717, 1.165) is 40.1 Å². The maximum atomic E-state index is 13.4. The molecule has 3 nitrogen and oxygen atoms in total. The molecule has 33 heavy (non-hydrogen) atoms. The molecular weight excluding hydrogens is 430 g/mol. The highest BCUT2D eigenvalue weighted by Gasteiger charge is 2.30. The van der Waals surface area contributed by atoms with Gasteiger partial charge in [0.1, 0.15) is 5.82 Å². The van der Waals surface area contributed by atoms with Crippen LogP contribution < -0.4 is 5.32 Å². The minimum Gasteiger partial charge on any atom is -0.350 e. The molecule has 1 heterocycles. The predicted octanol–water partition coefficient (Wildman–Crippen LogP) is 6.60. The molecule has 1 aromatic heterocycles. The Labute approximate surface area is 188 Å². The molecule has 0 bridgehead atoms. The summed E-state index contributed by atoms with van der Waals surface area (Å²) in [5, 5.41) is 3.10. The van der Waals surface area contributed by atoms with Crippen molar-refractivity contribution >= 4 is 5.95 Å². The highest BCUT2D eigenvalue weighted by molar-refractivity contribution is 5.72. The maximum absolute atomic E-state index is 13.4. The molecule has 1 unspecified atom stereocenters. The van der Waals surface area contributed by atoms with Crippen LogP contribution in [0.3, 0.4) is 0 Å². The number of hydrogen-bond acceptors (Lipinski definition) is 3. The third-order valence-corrected chi connectivity index (χ3v) is 5.88. The Kier molecular flexibility index (Phi) is 5.32. The van der Waals surface area contributed by atoms with Crippen LogP contribution in [0, 0.1) is 5.82 Å². The molecule has 1 atom stereocenters. The smallest absolute Gasteiger partial charge is 0.350 e. The summed E-state index contributed by atoms with van der Waals surface area (Å²) in [6.07, 6.45) is -1.88. The molecule has 0 radical (unpaired) electrons. The number of hydrogen-bond donors (Lipinski definition) is 1. The molecule has 166 valence electrons. The van der Waals surface area contributed by atoms with Crippen LogP contribution in [-0.4, -0.2) is 9.97 Å². The van der Waals surface area contributed by atoms with Crippen LogP contribution in [0.25, 0.3) is 11.3 Å². The highest BCUT2D eigenvalue weighted by atomic mass is 19.4. The summed E-state index contributed by atoms with van der Waals surface area (Å²) in [4.78, 5) is 9.12. The van der Waals surface area contributed by atoms with E-state index in [1.165, 1.54) is 24.3 Å². The maximum Gasteiger partial charge on any atom is 0.416 e. The molecule has 1 N–H and O–H groups in total. The second kappa shape index (κ2) is 8.31. The lowest BCUT2D eigenvalue weighted by atomic mass is 9.78. The van der Waals surface area contributed by atoms with Crippen molar-refractivity contribution in [2.75, 3.05) is 5.32 Å². The molecule has 3 aromatic carbocycles. The molecule has 1 aliphatic carbocycles. The number of rotatable bonds is 4. The van der Waals surface area contributed by atoms with E-state index in [-0.39, 0.29) is 11.7 Å². The molecule has 1 aliphatic rings. The molecular formula is C26H19F4N3. The lowest BCUT2D eigenvalue weighted by molar-refractivity contribution is -0.137. The van der Waals surface area contributed by atoms with Crippen molar-refractivity contribution in [3.05, 3.63) is 113 Å². The van der Waals surface area contributed by atoms with Crippen molar-refractivity contribution in [1.82, 2.24) is 9.97 Å². The minimum absolute atomic E-state index is 0.0730. The zero-order chi connectivity index (χ0) is 23.0. The van der Waals surface area contributed by atoms with Crippen molar-refractivity contribution in [2.45, 2.75) is 25.1 Å². The molecule has 0 fully saturated rings. The van der Waals surface area contributed by atoms with E-state index in [9.17, 15) is 17.6 Å². The van der Waals surface area contributed by atoms with Crippen LogP contribution in [0.4, 0.5) is 23.5 Å². The fraction of sp³-hybridized carbons (Fsp3) is 0.154. The van der Waals surface area contributed by atoms with Gasteiger partial charge in [0, 0.05) is 24.2 Å². The fourth-order valence-electron chi connectivity index (χ4n) is 4.21. The number of alkyl halides is 3. The van der Waals surface area contributed by atoms with Gasteiger partial charge in [0.05, 0.1) is 11.3 Å². The standard InChI is InChI=1S/C26H19F4N3/c27-20-11-7-17(8-12-20)23-13-18-15-32-25(33-24(18)22-4-2-1-3-21(22)23)31-14-16-5-9-19(10-6-16)26(28,29)30/h1-12,15,23H,13-14H2,(H,31,32,33). The van der Waals surface area contributed by atoms with Crippen LogP contribution in [0.2, 0.25) is 0 Å². The van der Waals surface area contributed by atoms with Gasteiger partial charge in [-0.15, -0.1) is 0 Å². The van der Waals surface area contributed by atoms with Gasteiger partial charge in [-0.2, -0.15) is 13.2 Å². The molecule has 7 heteroatoms. The Bertz CT molecular complexity index is 1280. The Hall–Kier alpha value is -3.74. The second-order valence-corrected chi connectivity index (χ2v) is 8.01. The SMILES string of the molecule is Fc1ccc(C2Cc3cnc(NCc4ccc(C(F)(F)F)cc4)nc3-c3ccccc32)cc1. The van der Waals surface area contributed by atoms with Gasteiger partial charge in [-0.1, -0.05) is 48.5 Å². The first-order valence-electron chi connectivity index (χ1n) is 10.5. The first kappa shape index (κ1) is 21.1. The van der Waals surface area contributed by atoms with Crippen LogP contribution in [0.5, 0.6) is 0 Å². The van der Waals surface area contributed by atoms with Crippen molar-refractivity contribution in [3.8, 4) is 11.3 Å². The Balaban J connectivity index is 1.40. The third-order valence-electron chi connectivity index (χ3n) is 5.88. The quantitative estimate of drug-likeness (QED) is 0.357. The number of nitrogens with one attached hydrogen (secondary N) is 1. The van der Waals surface area contributed by atoms with Crippen LogP contribution in [0.15, 0.2) is 79.0 Å². The number of anilines is 1. The number of nitrogens with zero attached hydrogens (tertiary/aromatic N) is 2. The van der Waals surface area contributed by atoms with Gasteiger partial charge < -0.3 is 5.32 Å². The summed E-state index contributed by atoms with van der Waals surface area (Å²) in [5.41, 5.74) is 4.97.